The number of aliphatic imine (C=N–C) groups is 1. The first kappa shape index (κ1) is 21.0. The smallest absolute Gasteiger partial charge is 0.211 e. The van der Waals surface area contributed by atoms with Crippen LogP contribution in [0.3, 0.4) is 0 Å². The number of ether oxygens (including phenoxy) is 1. The first-order chi connectivity index (χ1) is 11.0. The molecule has 0 radical (unpaired) electrons. The molecule has 1 atom stereocenters. The molecule has 0 saturated carbocycles. The van der Waals surface area contributed by atoms with Crippen LogP contribution in [-0.4, -0.2) is 39.8 Å². The van der Waals surface area contributed by atoms with E-state index in [1.165, 1.54) is 0 Å². The highest BCUT2D eigenvalue weighted by Gasteiger charge is 2.21. The average Bonchev–Trinajstić information content (AvgIpc) is 2.55. The summed E-state index contributed by atoms with van der Waals surface area (Å²) in [5, 5.41) is 3.20. The van der Waals surface area contributed by atoms with E-state index in [4.69, 9.17) is 10.5 Å². The first-order valence-corrected chi connectivity index (χ1v) is 9.42. The van der Waals surface area contributed by atoms with E-state index in [1.54, 1.807) is 6.92 Å². The Morgan fingerprint density at radius 1 is 1.42 bits per heavy atom. The van der Waals surface area contributed by atoms with Gasteiger partial charge >= 0.3 is 0 Å². The topological polar surface area (TPSA) is 106 Å². The Hall–Kier alpha value is -1.07. The van der Waals surface area contributed by atoms with Crippen LogP contribution in [0.4, 0.5) is 0 Å². The van der Waals surface area contributed by atoms with Crippen LogP contribution >= 0.6 is 24.0 Å². The van der Waals surface area contributed by atoms with Crippen LogP contribution in [0.1, 0.15) is 31.4 Å². The van der Waals surface area contributed by atoms with Crippen LogP contribution in [0.2, 0.25) is 0 Å². The van der Waals surface area contributed by atoms with Crippen LogP contribution in [0.15, 0.2) is 29.3 Å². The zero-order valence-corrected chi connectivity index (χ0v) is 16.8. The van der Waals surface area contributed by atoms with Crippen molar-refractivity contribution in [2.24, 2.45) is 10.7 Å². The Bertz CT molecular complexity index is 652. The Kier molecular flexibility index (Phi) is 8.78. The number of halogens is 1. The first-order valence-electron chi connectivity index (χ1n) is 7.77. The molecule has 1 aliphatic heterocycles. The fourth-order valence-corrected chi connectivity index (χ4v) is 2.98. The molecule has 0 fully saturated rings. The molecule has 136 valence electrons. The molecule has 0 bridgehead atoms. The van der Waals surface area contributed by atoms with Crippen molar-refractivity contribution in [2.45, 2.75) is 25.8 Å². The number of rotatable bonds is 7. The van der Waals surface area contributed by atoms with E-state index in [-0.39, 0.29) is 35.8 Å². The molecular weight excluding hydrogens is 443 g/mol. The molecule has 4 N–H and O–H groups in total. The van der Waals surface area contributed by atoms with E-state index in [9.17, 15) is 8.42 Å². The largest absolute Gasteiger partial charge is 0.493 e. The Labute approximate surface area is 160 Å². The van der Waals surface area contributed by atoms with Gasteiger partial charge in [0.05, 0.1) is 18.4 Å². The zero-order valence-electron chi connectivity index (χ0n) is 13.7. The number of hydrogen-bond acceptors (Lipinski definition) is 4. The van der Waals surface area contributed by atoms with Crippen LogP contribution in [0.25, 0.3) is 0 Å². The maximum atomic E-state index is 11.3. The molecular formula is C15H25IN4O3S. The SMILES string of the molecule is CCS(=O)(=O)NCCCN=C(N)NC1CCOc2ccccc21.I. The highest BCUT2D eigenvalue weighted by molar-refractivity contribution is 14.0. The zero-order chi connectivity index (χ0) is 16.7. The number of nitrogens with one attached hydrogen (secondary N) is 2. The van der Waals surface area contributed by atoms with Gasteiger partial charge in [0.1, 0.15) is 5.75 Å². The van der Waals surface area contributed by atoms with Gasteiger partial charge in [-0.2, -0.15) is 0 Å². The number of guanidine groups is 1. The molecule has 1 aliphatic rings. The normalized spacial score (nSPS) is 17.4. The van der Waals surface area contributed by atoms with Crippen molar-refractivity contribution in [3.8, 4) is 5.75 Å². The van der Waals surface area contributed by atoms with E-state index in [0.717, 1.165) is 17.7 Å². The fourth-order valence-electron chi connectivity index (χ4n) is 2.32. The number of benzene rings is 1. The second-order valence-corrected chi connectivity index (χ2v) is 7.39. The summed E-state index contributed by atoms with van der Waals surface area (Å²) in [6, 6.07) is 7.95. The van der Waals surface area contributed by atoms with Crippen molar-refractivity contribution in [3.05, 3.63) is 29.8 Å². The predicted octanol–water partition coefficient (Wildman–Crippen LogP) is 1.36. The molecule has 1 heterocycles. The number of nitrogens with zero attached hydrogens (tertiary/aromatic N) is 1. The number of fused-ring (bicyclic) bond motifs is 1. The molecule has 1 aromatic carbocycles. The van der Waals surface area contributed by atoms with Gasteiger partial charge in [-0.15, -0.1) is 24.0 Å². The lowest BCUT2D eigenvalue weighted by molar-refractivity contribution is 0.262. The van der Waals surface area contributed by atoms with Crippen molar-refractivity contribution in [1.82, 2.24) is 10.0 Å². The minimum atomic E-state index is -3.14. The Balaban J connectivity index is 0.00000288. The third kappa shape index (κ3) is 6.44. The van der Waals surface area contributed by atoms with Crippen molar-refractivity contribution >= 4 is 40.0 Å². The summed E-state index contributed by atoms with van der Waals surface area (Å²) in [4.78, 5) is 4.24. The molecule has 9 heteroatoms. The molecule has 0 spiro atoms. The summed E-state index contributed by atoms with van der Waals surface area (Å²) in [5.41, 5.74) is 6.99. The molecule has 0 saturated heterocycles. The van der Waals surface area contributed by atoms with Crippen LogP contribution in [0, 0.1) is 0 Å². The van der Waals surface area contributed by atoms with E-state index in [0.29, 0.717) is 32.1 Å². The van der Waals surface area contributed by atoms with Gasteiger partial charge < -0.3 is 15.8 Å². The maximum absolute atomic E-state index is 11.3. The molecule has 24 heavy (non-hydrogen) atoms. The molecule has 0 aliphatic carbocycles. The van der Waals surface area contributed by atoms with Crippen LogP contribution < -0.4 is 20.5 Å². The molecule has 1 unspecified atom stereocenters. The molecule has 2 rings (SSSR count). The molecule has 0 amide bonds. The third-order valence-electron chi connectivity index (χ3n) is 3.60. The Morgan fingerprint density at radius 3 is 2.92 bits per heavy atom. The van der Waals surface area contributed by atoms with Gasteiger partial charge in [-0.1, -0.05) is 18.2 Å². The van der Waals surface area contributed by atoms with Gasteiger partial charge in [0.25, 0.3) is 0 Å². The van der Waals surface area contributed by atoms with Gasteiger partial charge in [0.2, 0.25) is 10.0 Å². The minimum absolute atomic E-state index is 0. The van der Waals surface area contributed by atoms with Gasteiger partial charge in [-0.05, 0) is 19.4 Å². The van der Waals surface area contributed by atoms with Crippen LogP contribution in [0.5, 0.6) is 5.75 Å². The summed E-state index contributed by atoms with van der Waals surface area (Å²) >= 11 is 0. The third-order valence-corrected chi connectivity index (χ3v) is 5.00. The summed E-state index contributed by atoms with van der Waals surface area (Å²) < 4.78 is 30.7. The number of para-hydroxylation sites is 1. The number of nitrogens with two attached hydrogens (primary N) is 1. The van der Waals surface area contributed by atoms with Crippen molar-refractivity contribution in [3.63, 3.8) is 0 Å². The molecule has 0 aromatic heterocycles. The molecule has 1 aromatic rings. The summed E-state index contributed by atoms with van der Waals surface area (Å²) in [6.45, 7) is 3.08. The monoisotopic (exact) mass is 468 g/mol. The number of sulfonamides is 1. The average molecular weight is 468 g/mol. The standard InChI is InChI=1S/C15H24N4O3S.HI/c1-2-23(20,21)18-10-5-9-17-15(16)19-13-8-11-22-14-7-4-3-6-12(13)14;/h3-4,6-7,13,18H,2,5,8-11H2,1H3,(H3,16,17,19);1H. The quantitative estimate of drug-likeness (QED) is 0.243. The minimum Gasteiger partial charge on any atom is -0.493 e. The maximum Gasteiger partial charge on any atom is 0.211 e. The predicted molar refractivity (Wildman–Crippen MR) is 106 cm³/mol. The summed E-state index contributed by atoms with van der Waals surface area (Å²) in [5.74, 6) is 1.33. The second-order valence-electron chi connectivity index (χ2n) is 5.29. The van der Waals surface area contributed by atoms with Crippen molar-refractivity contribution in [2.75, 3.05) is 25.4 Å². The summed E-state index contributed by atoms with van der Waals surface area (Å²) in [7, 11) is -3.14. The fraction of sp³-hybridized carbons (Fsp3) is 0.533. The van der Waals surface area contributed by atoms with E-state index in [2.05, 4.69) is 15.0 Å². The van der Waals surface area contributed by atoms with Crippen molar-refractivity contribution < 1.29 is 13.2 Å². The lowest BCUT2D eigenvalue weighted by atomic mass is 10.0. The van der Waals surface area contributed by atoms with Gasteiger partial charge in [0.15, 0.2) is 5.96 Å². The highest BCUT2D eigenvalue weighted by atomic mass is 127. The van der Waals surface area contributed by atoms with Gasteiger partial charge in [-0.25, -0.2) is 13.1 Å². The second kappa shape index (κ2) is 10.0. The van der Waals surface area contributed by atoms with E-state index < -0.39 is 10.0 Å². The van der Waals surface area contributed by atoms with E-state index in [1.807, 2.05) is 24.3 Å². The van der Waals surface area contributed by atoms with Gasteiger partial charge in [-0.3, -0.25) is 4.99 Å². The Morgan fingerprint density at radius 2 is 2.17 bits per heavy atom. The summed E-state index contributed by atoms with van der Waals surface area (Å²) in [6.07, 6.45) is 1.43. The van der Waals surface area contributed by atoms with Crippen molar-refractivity contribution in [1.29, 1.82) is 0 Å². The lowest BCUT2D eigenvalue weighted by Gasteiger charge is -2.26. The molecule has 7 nitrogen and oxygen atoms in total. The van der Waals surface area contributed by atoms with E-state index >= 15 is 0 Å². The highest BCUT2D eigenvalue weighted by Crippen LogP contribution is 2.31. The lowest BCUT2D eigenvalue weighted by Crippen LogP contribution is -2.37. The number of hydrogen-bond donors (Lipinski definition) is 3. The van der Waals surface area contributed by atoms with Gasteiger partial charge in [0, 0.05) is 25.1 Å². The van der Waals surface area contributed by atoms with Crippen LogP contribution in [-0.2, 0) is 10.0 Å².